The monoisotopic (exact) mass is 303 g/mol. The molecule has 0 aromatic heterocycles. The number of amides is 1. The molecule has 2 aliphatic rings. The number of hydrogen-bond donors (Lipinski definition) is 0. The summed E-state index contributed by atoms with van der Waals surface area (Å²) >= 11 is 0. The maximum absolute atomic E-state index is 13.7. The van der Waals surface area contributed by atoms with E-state index < -0.39 is 0 Å². The first kappa shape index (κ1) is 15.5. The predicted octanol–water partition coefficient (Wildman–Crippen LogP) is 4.19. The molecule has 0 N–H and O–H groups in total. The van der Waals surface area contributed by atoms with E-state index in [4.69, 9.17) is 0 Å². The van der Waals surface area contributed by atoms with E-state index in [1.807, 2.05) is 12.1 Å². The van der Waals surface area contributed by atoms with Gasteiger partial charge in [0.15, 0.2) is 0 Å². The number of piperidine rings is 1. The molecule has 3 heteroatoms. The Morgan fingerprint density at radius 3 is 2.68 bits per heavy atom. The molecule has 1 atom stereocenters. The summed E-state index contributed by atoms with van der Waals surface area (Å²) in [5, 5.41) is 0. The van der Waals surface area contributed by atoms with E-state index in [0.29, 0.717) is 11.8 Å². The molecule has 1 amide bonds. The second-order valence-corrected chi connectivity index (χ2v) is 6.90. The summed E-state index contributed by atoms with van der Waals surface area (Å²) in [4.78, 5) is 14.6. The van der Waals surface area contributed by atoms with Crippen LogP contribution in [0.4, 0.5) is 4.39 Å². The third-order valence-electron chi connectivity index (χ3n) is 5.31. The van der Waals surface area contributed by atoms with Crippen molar-refractivity contribution in [2.75, 3.05) is 13.1 Å². The highest BCUT2D eigenvalue weighted by atomic mass is 19.1. The topological polar surface area (TPSA) is 20.3 Å². The second-order valence-electron chi connectivity index (χ2n) is 6.90. The van der Waals surface area contributed by atoms with Crippen molar-refractivity contribution in [1.82, 2.24) is 4.90 Å². The third-order valence-corrected chi connectivity index (χ3v) is 5.31. The Morgan fingerprint density at radius 2 is 1.91 bits per heavy atom. The molecule has 2 fully saturated rings. The van der Waals surface area contributed by atoms with Crippen LogP contribution in [0.3, 0.4) is 0 Å². The summed E-state index contributed by atoms with van der Waals surface area (Å²) in [6.45, 7) is 1.80. The number of carbonyl (C=O) groups excluding carboxylic acids is 1. The number of halogens is 1. The lowest BCUT2D eigenvalue weighted by Crippen LogP contribution is -2.42. The Hall–Kier alpha value is -1.38. The number of benzene rings is 1. The first-order valence-electron chi connectivity index (χ1n) is 8.76. The highest BCUT2D eigenvalue weighted by molar-refractivity contribution is 5.79. The molecule has 0 radical (unpaired) electrons. The molecular formula is C19H26FNO. The van der Waals surface area contributed by atoms with E-state index in [1.54, 1.807) is 6.07 Å². The lowest BCUT2D eigenvalue weighted by atomic mass is 9.90. The van der Waals surface area contributed by atoms with Gasteiger partial charge in [0, 0.05) is 19.0 Å². The summed E-state index contributed by atoms with van der Waals surface area (Å²) in [6, 6.07) is 7.04. The van der Waals surface area contributed by atoms with Gasteiger partial charge in [-0.1, -0.05) is 31.0 Å². The number of likely N-dealkylation sites (tertiary alicyclic amines) is 1. The van der Waals surface area contributed by atoms with E-state index >= 15 is 0 Å². The van der Waals surface area contributed by atoms with Crippen LogP contribution in [-0.4, -0.2) is 23.9 Å². The van der Waals surface area contributed by atoms with Crippen LogP contribution in [0.2, 0.25) is 0 Å². The standard InChI is InChI=1S/C19H26FNO/c20-18-10-4-3-7-16(18)12-11-15-6-5-13-21(14-15)19(22)17-8-1-2-9-17/h3-4,7,10,15,17H,1-2,5-6,8-9,11-14H2/t15-/m1/s1. The molecule has 120 valence electrons. The zero-order chi connectivity index (χ0) is 15.4. The van der Waals surface area contributed by atoms with Gasteiger partial charge in [0.05, 0.1) is 0 Å². The number of nitrogens with zero attached hydrogens (tertiary/aromatic N) is 1. The molecule has 0 bridgehead atoms. The van der Waals surface area contributed by atoms with Gasteiger partial charge in [0.25, 0.3) is 0 Å². The van der Waals surface area contributed by atoms with Crippen LogP contribution in [0.15, 0.2) is 24.3 Å². The fourth-order valence-electron chi connectivity index (χ4n) is 3.99. The van der Waals surface area contributed by atoms with Gasteiger partial charge in [-0.2, -0.15) is 0 Å². The molecule has 1 aliphatic heterocycles. The SMILES string of the molecule is O=C(C1CCCC1)N1CCC[C@H](CCc2ccccc2F)C1. The third kappa shape index (κ3) is 3.68. The number of aryl methyl sites for hydroxylation is 1. The Balaban J connectivity index is 1.52. The van der Waals surface area contributed by atoms with E-state index in [1.165, 1.54) is 25.3 Å². The lowest BCUT2D eigenvalue weighted by molar-refractivity contribution is -0.137. The molecule has 22 heavy (non-hydrogen) atoms. The van der Waals surface area contributed by atoms with Gasteiger partial charge >= 0.3 is 0 Å². The van der Waals surface area contributed by atoms with Crippen LogP contribution in [-0.2, 0) is 11.2 Å². The molecular weight excluding hydrogens is 277 g/mol. The van der Waals surface area contributed by atoms with Crippen LogP contribution >= 0.6 is 0 Å². The fourth-order valence-corrected chi connectivity index (χ4v) is 3.99. The van der Waals surface area contributed by atoms with Gasteiger partial charge in [-0.15, -0.1) is 0 Å². The summed E-state index contributed by atoms with van der Waals surface area (Å²) in [6.07, 6.45) is 8.61. The van der Waals surface area contributed by atoms with Crippen LogP contribution in [0.5, 0.6) is 0 Å². The molecule has 3 rings (SSSR count). The summed E-state index contributed by atoms with van der Waals surface area (Å²) in [5.41, 5.74) is 0.807. The van der Waals surface area contributed by atoms with E-state index in [0.717, 1.165) is 50.8 Å². The molecule has 0 unspecified atom stereocenters. The zero-order valence-electron chi connectivity index (χ0n) is 13.3. The Morgan fingerprint density at radius 1 is 1.14 bits per heavy atom. The van der Waals surface area contributed by atoms with Crippen molar-refractivity contribution in [3.8, 4) is 0 Å². The van der Waals surface area contributed by atoms with Gasteiger partial charge in [0.2, 0.25) is 5.91 Å². The molecule has 2 nitrogen and oxygen atoms in total. The van der Waals surface area contributed by atoms with Gasteiger partial charge in [-0.05, 0) is 56.1 Å². The minimum Gasteiger partial charge on any atom is -0.342 e. The van der Waals surface area contributed by atoms with Crippen molar-refractivity contribution in [3.63, 3.8) is 0 Å². The number of rotatable bonds is 4. The van der Waals surface area contributed by atoms with Crippen molar-refractivity contribution in [2.24, 2.45) is 11.8 Å². The average molecular weight is 303 g/mol. The van der Waals surface area contributed by atoms with Crippen molar-refractivity contribution in [3.05, 3.63) is 35.6 Å². The smallest absolute Gasteiger partial charge is 0.225 e. The maximum atomic E-state index is 13.7. The quantitative estimate of drug-likeness (QED) is 0.817. The minimum atomic E-state index is -0.0998. The maximum Gasteiger partial charge on any atom is 0.225 e. The largest absolute Gasteiger partial charge is 0.342 e. The van der Waals surface area contributed by atoms with Crippen molar-refractivity contribution < 1.29 is 9.18 Å². The average Bonchev–Trinajstić information content (AvgIpc) is 3.08. The van der Waals surface area contributed by atoms with Gasteiger partial charge in [0.1, 0.15) is 5.82 Å². The van der Waals surface area contributed by atoms with Crippen LogP contribution in [0, 0.1) is 17.7 Å². The number of carbonyl (C=O) groups is 1. The Bertz CT molecular complexity index is 510. The molecule has 1 aromatic carbocycles. The van der Waals surface area contributed by atoms with E-state index in [2.05, 4.69) is 4.90 Å². The van der Waals surface area contributed by atoms with Crippen molar-refractivity contribution in [2.45, 2.75) is 51.4 Å². The molecule has 1 saturated carbocycles. The van der Waals surface area contributed by atoms with Crippen LogP contribution in [0.25, 0.3) is 0 Å². The normalized spacial score (nSPS) is 23.0. The summed E-state index contributed by atoms with van der Waals surface area (Å²) in [7, 11) is 0. The van der Waals surface area contributed by atoms with E-state index in [-0.39, 0.29) is 11.7 Å². The zero-order valence-corrected chi connectivity index (χ0v) is 13.3. The molecule has 0 spiro atoms. The highest BCUT2D eigenvalue weighted by Gasteiger charge is 2.30. The van der Waals surface area contributed by atoms with Gasteiger partial charge in [-0.25, -0.2) is 4.39 Å². The molecule has 1 saturated heterocycles. The first-order chi connectivity index (χ1) is 10.7. The summed E-state index contributed by atoms with van der Waals surface area (Å²) in [5.74, 6) is 1.09. The highest BCUT2D eigenvalue weighted by Crippen LogP contribution is 2.29. The second kappa shape index (κ2) is 7.26. The predicted molar refractivity (Wildman–Crippen MR) is 86.0 cm³/mol. The van der Waals surface area contributed by atoms with Crippen LogP contribution < -0.4 is 0 Å². The molecule has 1 aliphatic carbocycles. The van der Waals surface area contributed by atoms with Crippen molar-refractivity contribution in [1.29, 1.82) is 0 Å². The lowest BCUT2D eigenvalue weighted by Gasteiger charge is -2.34. The van der Waals surface area contributed by atoms with E-state index in [9.17, 15) is 9.18 Å². The van der Waals surface area contributed by atoms with Gasteiger partial charge in [-0.3, -0.25) is 4.79 Å². The molecule has 1 aromatic rings. The molecule has 1 heterocycles. The first-order valence-corrected chi connectivity index (χ1v) is 8.76. The Labute approximate surface area is 132 Å². The Kier molecular flexibility index (Phi) is 5.12. The van der Waals surface area contributed by atoms with Crippen LogP contribution in [0.1, 0.15) is 50.5 Å². The fraction of sp³-hybridized carbons (Fsp3) is 0.632. The van der Waals surface area contributed by atoms with Crippen molar-refractivity contribution >= 4 is 5.91 Å². The summed E-state index contributed by atoms with van der Waals surface area (Å²) < 4.78 is 13.7. The minimum absolute atomic E-state index is 0.0998. The van der Waals surface area contributed by atoms with Gasteiger partial charge < -0.3 is 4.90 Å². The number of hydrogen-bond acceptors (Lipinski definition) is 1.